The lowest BCUT2D eigenvalue weighted by atomic mass is 9.94. The van der Waals surface area contributed by atoms with Crippen LogP contribution in [0.1, 0.15) is 11.5 Å². The van der Waals surface area contributed by atoms with E-state index in [-0.39, 0.29) is 35.9 Å². The van der Waals surface area contributed by atoms with Crippen molar-refractivity contribution in [2.75, 3.05) is 18.4 Å². The minimum absolute atomic E-state index is 0.0104. The molecule has 0 aliphatic carbocycles. The predicted molar refractivity (Wildman–Crippen MR) is 110 cm³/mol. The number of anilines is 1. The van der Waals surface area contributed by atoms with Gasteiger partial charge in [0.2, 0.25) is 0 Å². The lowest BCUT2D eigenvalue weighted by Gasteiger charge is -2.22. The van der Waals surface area contributed by atoms with Gasteiger partial charge in [-0.05, 0) is 29.8 Å². The van der Waals surface area contributed by atoms with Crippen LogP contribution in [-0.4, -0.2) is 41.4 Å². The van der Waals surface area contributed by atoms with Crippen LogP contribution in [0, 0.1) is 5.82 Å². The number of hydrogen-bond acceptors (Lipinski definition) is 4. The summed E-state index contributed by atoms with van der Waals surface area (Å²) in [6.07, 6.45) is 2.94. The molecule has 0 spiro atoms. The van der Waals surface area contributed by atoms with E-state index in [0.717, 1.165) is 11.3 Å². The molecular formula is C20H20ClFN4O2S. The zero-order chi connectivity index (χ0) is 20.6. The maximum Gasteiger partial charge on any atom is 0.262 e. The van der Waals surface area contributed by atoms with E-state index in [9.17, 15) is 12.8 Å². The maximum atomic E-state index is 13.4. The van der Waals surface area contributed by atoms with Crippen LogP contribution in [0.25, 0.3) is 0 Å². The fourth-order valence-electron chi connectivity index (χ4n) is 3.59. The summed E-state index contributed by atoms with van der Waals surface area (Å²) in [5, 5.41) is 3.94. The third-order valence-electron chi connectivity index (χ3n) is 5.08. The number of nitrogens with zero attached hydrogens (tertiary/aromatic N) is 3. The zero-order valence-corrected chi connectivity index (χ0v) is 17.2. The molecular weight excluding hydrogens is 415 g/mol. The van der Waals surface area contributed by atoms with Gasteiger partial charge in [0.25, 0.3) is 10.0 Å². The molecule has 1 aliphatic heterocycles. The molecule has 1 N–H and O–H groups in total. The molecule has 0 amide bonds. The Balaban J connectivity index is 1.67. The molecule has 1 aliphatic rings. The minimum Gasteiger partial charge on any atom is -0.379 e. The van der Waals surface area contributed by atoms with Crippen molar-refractivity contribution in [3.05, 3.63) is 77.5 Å². The van der Waals surface area contributed by atoms with Crippen LogP contribution in [0.15, 0.2) is 66.1 Å². The number of sulfonamides is 1. The van der Waals surface area contributed by atoms with Gasteiger partial charge in [-0.2, -0.15) is 4.31 Å². The Bertz CT molecular complexity index is 1120. The van der Waals surface area contributed by atoms with Crippen molar-refractivity contribution in [3.63, 3.8) is 0 Å². The van der Waals surface area contributed by atoms with Gasteiger partial charge in [-0.1, -0.05) is 35.9 Å². The monoisotopic (exact) mass is 434 g/mol. The summed E-state index contributed by atoms with van der Waals surface area (Å²) in [6, 6.07) is 13.2. The van der Waals surface area contributed by atoms with Crippen molar-refractivity contribution in [3.8, 4) is 0 Å². The average Bonchev–Trinajstić information content (AvgIpc) is 3.32. The maximum absolute atomic E-state index is 13.4. The van der Waals surface area contributed by atoms with E-state index in [1.54, 1.807) is 29.8 Å². The van der Waals surface area contributed by atoms with Gasteiger partial charge in [0, 0.05) is 38.3 Å². The summed E-state index contributed by atoms with van der Waals surface area (Å²) >= 11 is 6.29. The van der Waals surface area contributed by atoms with Crippen LogP contribution in [0.3, 0.4) is 0 Å². The van der Waals surface area contributed by atoms with E-state index in [2.05, 4.69) is 10.3 Å². The quantitative estimate of drug-likeness (QED) is 0.667. The fourth-order valence-corrected chi connectivity index (χ4v) is 5.24. The number of halogens is 2. The van der Waals surface area contributed by atoms with Crippen LogP contribution in [0.4, 0.5) is 10.1 Å². The molecule has 0 bridgehead atoms. The second kappa shape index (κ2) is 7.78. The Kier molecular flexibility index (Phi) is 5.33. The zero-order valence-electron chi connectivity index (χ0n) is 15.7. The van der Waals surface area contributed by atoms with E-state index < -0.39 is 10.0 Å². The van der Waals surface area contributed by atoms with Crippen molar-refractivity contribution in [2.45, 2.75) is 17.0 Å². The SMILES string of the molecule is Cn1cnc(S(=O)(=O)N2C[C@@H](Nc3ccccc3Cl)[C@H](c3ccc(F)cc3)C2)c1. The summed E-state index contributed by atoms with van der Waals surface area (Å²) in [5.41, 5.74) is 1.58. The molecule has 1 fully saturated rings. The minimum atomic E-state index is -3.75. The largest absolute Gasteiger partial charge is 0.379 e. The van der Waals surface area contributed by atoms with Crippen molar-refractivity contribution in [1.29, 1.82) is 0 Å². The van der Waals surface area contributed by atoms with Crippen molar-refractivity contribution < 1.29 is 12.8 Å². The number of aromatic nitrogens is 2. The van der Waals surface area contributed by atoms with Crippen molar-refractivity contribution >= 4 is 27.3 Å². The second-order valence-corrected chi connectivity index (χ2v) is 9.38. The molecule has 1 saturated heterocycles. The third-order valence-corrected chi connectivity index (χ3v) is 7.13. The molecule has 152 valence electrons. The van der Waals surface area contributed by atoms with Crippen LogP contribution in [0.2, 0.25) is 5.02 Å². The van der Waals surface area contributed by atoms with Gasteiger partial charge < -0.3 is 9.88 Å². The summed E-state index contributed by atoms with van der Waals surface area (Å²) in [5.74, 6) is -0.509. The lowest BCUT2D eigenvalue weighted by molar-refractivity contribution is 0.468. The first-order valence-electron chi connectivity index (χ1n) is 9.09. The Morgan fingerprint density at radius 3 is 2.52 bits per heavy atom. The number of aryl methyl sites for hydroxylation is 1. The highest BCUT2D eigenvalue weighted by Gasteiger charge is 2.41. The van der Waals surface area contributed by atoms with Crippen molar-refractivity contribution in [1.82, 2.24) is 13.9 Å². The molecule has 4 rings (SSSR count). The Morgan fingerprint density at radius 2 is 1.86 bits per heavy atom. The molecule has 2 aromatic carbocycles. The third kappa shape index (κ3) is 4.01. The Morgan fingerprint density at radius 1 is 1.14 bits per heavy atom. The fraction of sp³-hybridized carbons (Fsp3) is 0.250. The molecule has 2 atom stereocenters. The highest BCUT2D eigenvalue weighted by Crippen LogP contribution is 2.34. The van der Waals surface area contributed by atoms with Crippen LogP contribution in [-0.2, 0) is 17.1 Å². The smallest absolute Gasteiger partial charge is 0.262 e. The topological polar surface area (TPSA) is 67.2 Å². The summed E-state index contributed by atoms with van der Waals surface area (Å²) in [7, 11) is -2.03. The first kappa shape index (κ1) is 19.9. The highest BCUT2D eigenvalue weighted by atomic mass is 35.5. The normalized spacial score (nSPS) is 20.1. The number of imidazole rings is 1. The molecule has 0 unspecified atom stereocenters. The van der Waals surface area contributed by atoms with Gasteiger partial charge in [-0.15, -0.1) is 0 Å². The molecule has 29 heavy (non-hydrogen) atoms. The van der Waals surface area contributed by atoms with E-state index in [4.69, 9.17) is 11.6 Å². The first-order chi connectivity index (χ1) is 13.8. The molecule has 0 saturated carbocycles. The van der Waals surface area contributed by atoms with Gasteiger partial charge >= 0.3 is 0 Å². The average molecular weight is 435 g/mol. The van der Waals surface area contributed by atoms with E-state index >= 15 is 0 Å². The highest BCUT2D eigenvalue weighted by molar-refractivity contribution is 7.89. The Labute approximate surface area is 174 Å². The number of rotatable bonds is 5. The molecule has 3 aromatic rings. The van der Waals surface area contributed by atoms with Gasteiger partial charge in [-0.25, -0.2) is 17.8 Å². The second-order valence-electron chi connectivity index (χ2n) is 7.09. The molecule has 6 nitrogen and oxygen atoms in total. The van der Waals surface area contributed by atoms with Gasteiger partial charge in [0.15, 0.2) is 5.03 Å². The van der Waals surface area contributed by atoms with E-state index in [1.807, 2.05) is 18.2 Å². The number of hydrogen-bond donors (Lipinski definition) is 1. The van der Waals surface area contributed by atoms with Gasteiger partial charge in [0.1, 0.15) is 5.82 Å². The first-order valence-corrected chi connectivity index (χ1v) is 10.9. The number of benzene rings is 2. The summed E-state index contributed by atoms with van der Waals surface area (Å²) in [6.45, 7) is 0.499. The van der Waals surface area contributed by atoms with E-state index in [1.165, 1.54) is 29.0 Å². The summed E-state index contributed by atoms with van der Waals surface area (Å²) in [4.78, 5) is 4.01. The van der Waals surface area contributed by atoms with Crippen LogP contribution in [0.5, 0.6) is 0 Å². The lowest BCUT2D eigenvalue weighted by Crippen LogP contribution is -2.32. The Hall–Kier alpha value is -2.42. The van der Waals surface area contributed by atoms with Gasteiger partial charge in [0.05, 0.1) is 17.0 Å². The van der Waals surface area contributed by atoms with Crippen LogP contribution < -0.4 is 5.32 Å². The van der Waals surface area contributed by atoms with Crippen molar-refractivity contribution in [2.24, 2.45) is 7.05 Å². The molecule has 9 heteroatoms. The molecule has 2 heterocycles. The van der Waals surface area contributed by atoms with Gasteiger partial charge in [-0.3, -0.25) is 0 Å². The van der Waals surface area contributed by atoms with Crippen LogP contribution >= 0.6 is 11.6 Å². The standard InChI is InChI=1S/C20H20ClFN4O2S/c1-25-12-20(23-13-25)29(27,28)26-10-16(14-6-8-15(22)9-7-14)19(11-26)24-18-5-3-2-4-17(18)21/h2-9,12-13,16,19,24H,10-11H2,1H3/t16-,19+/m0/s1. The molecule has 1 aromatic heterocycles. The summed E-state index contributed by atoms with van der Waals surface area (Å²) < 4.78 is 42.6. The number of para-hydroxylation sites is 1. The number of nitrogens with one attached hydrogen (secondary N) is 1. The van der Waals surface area contributed by atoms with E-state index in [0.29, 0.717) is 5.02 Å². The molecule has 0 radical (unpaired) electrons. The predicted octanol–water partition coefficient (Wildman–Crippen LogP) is 3.48.